The fourth-order valence-electron chi connectivity index (χ4n) is 3.43. The van der Waals surface area contributed by atoms with Crippen LogP contribution in [-0.4, -0.2) is 29.6 Å². The molecule has 3 rings (SSSR count). The number of rotatable bonds is 4. The summed E-state index contributed by atoms with van der Waals surface area (Å²) in [4.78, 5) is 24.0. The summed E-state index contributed by atoms with van der Waals surface area (Å²) in [6, 6.07) is 5.27. The van der Waals surface area contributed by atoms with Crippen molar-refractivity contribution in [1.29, 1.82) is 0 Å². The number of ether oxygens (including phenoxy) is 1. The first-order chi connectivity index (χ1) is 11.0. The molecule has 1 fully saturated rings. The predicted molar refractivity (Wildman–Crippen MR) is 85.7 cm³/mol. The van der Waals surface area contributed by atoms with Crippen molar-refractivity contribution in [2.24, 2.45) is 5.41 Å². The number of amides is 1. The van der Waals surface area contributed by atoms with Crippen LogP contribution in [0.2, 0.25) is 5.02 Å². The fraction of sp³-hybridized carbons (Fsp3) is 0.529. The molecule has 0 aromatic heterocycles. The lowest BCUT2D eigenvalue weighted by Crippen LogP contribution is -2.47. The second kappa shape index (κ2) is 6.40. The van der Waals surface area contributed by atoms with E-state index in [0.717, 1.165) is 24.8 Å². The number of hydrogen-bond donors (Lipinski definition) is 2. The standard InChI is InChI=1S/C17H20ClNO4/c18-12-4-5-13-11(8-12)9-14(23-13)15(20)19-10-17(16(21)22)6-2-1-3-7-17/h4-5,8,14H,1-3,6-7,9-10H2,(H,19,20)(H,21,22). The molecule has 0 saturated heterocycles. The first kappa shape index (κ1) is 16.1. The summed E-state index contributed by atoms with van der Waals surface area (Å²) in [5.74, 6) is -0.413. The van der Waals surface area contributed by atoms with Crippen molar-refractivity contribution in [2.45, 2.75) is 44.6 Å². The Kier molecular flexibility index (Phi) is 4.48. The van der Waals surface area contributed by atoms with E-state index < -0.39 is 17.5 Å². The number of hydrogen-bond acceptors (Lipinski definition) is 3. The molecular weight excluding hydrogens is 318 g/mol. The van der Waals surface area contributed by atoms with Crippen molar-refractivity contribution < 1.29 is 19.4 Å². The largest absolute Gasteiger partial charge is 0.481 e. The molecule has 1 aliphatic carbocycles. The van der Waals surface area contributed by atoms with Crippen LogP contribution in [0.4, 0.5) is 0 Å². The maximum Gasteiger partial charge on any atom is 0.311 e. The van der Waals surface area contributed by atoms with Crippen molar-refractivity contribution in [1.82, 2.24) is 5.32 Å². The highest BCUT2D eigenvalue weighted by Crippen LogP contribution is 2.36. The topological polar surface area (TPSA) is 75.6 Å². The summed E-state index contributed by atoms with van der Waals surface area (Å²) in [6.07, 6.45) is 3.93. The molecule has 6 heteroatoms. The molecule has 5 nitrogen and oxygen atoms in total. The minimum atomic E-state index is -0.831. The molecule has 1 aliphatic heterocycles. The van der Waals surface area contributed by atoms with Crippen molar-refractivity contribution in [3.8, 4) is 5.75 Å². The number of carboxylic acids is 1. The quantitative estimate of drug-likeness (QED) is 0.885. The van der Waals surface area contributed by atoms with E-state index in [4.69, 9.17) is 16.3 Å². The molecule has 1 saturated carbocycles. The molecule has 124 valence electrons. The molecule has 0 spiro atoms. The normalized spacial score (nSPS) is 22.0. The number of benzene rings is 1. The summed E-state index contributed by atoms with van der Waals surface area (Å²) in [6.45, 7) is 0.165. The molecule has 1 unspecified atom stereocenters. The minimum absolute atomic E-state index is 0.165. The zero-order chi connectivity index (χ0) is 16.4. The molecule has 0 bridgehead atoms. The maximum atomic E-state index is 12.3. The van der Waals surface area contributed by atoms with Crippen molar-refractivity contribution >= 4 is 23.5 Å². The number of carbonyl (C=O) groups is 2. The van der Waals surface area contributed by atoms with Crippen LogP contribution in [0, 0.1) is 5.41 Å². The maximum absolute atomic E-state index is 12.3. The van der Waals surface area contributed by atoms with Gasteiger partial charge in [0, 0.05) is 18.0 Å². The van der Waals surface area contributed by atoms with Crippen molar-refractivity contribution in [2.75, 3.05) is 6.54 Å². The van der Waals surface area contributed by atoms with Gasteiger partial charge in [0.05, 0.1) is 5.41 Å². The van der Waals surface area contributed by atoms with Crippen LogP contribution in [0.3, 0.4) is 0 Å². The van der Waals surface area contributed by atoms with E-state index in [1.807, 2.05) is 0 Å². The zero-order valence-corrected chi connectivity index (χ0v) is 13.6. The van der Waals surface area contributed by atoms with Gasteiger partial charge < -0.3 is 15.2 Å². The Morgan fingerprint density at radius 1 is 1.30 bits per heavy atom. The Morgan fingerprint density at radius 2 is 2.04 bits per heavy atom. The van der Waals surface area contributed by atoms with E-state index in [-0.39, 0.29) is 12.5 Å². The van der Waals surface area contributed by atoms with Gasteiger partial charge in [0.1, 0.15) is 5.75 Å². The molecule has 1 amide bonds. The van der Waals surface area contributed by atoms with Gasteiger partial charge in [0.15, 0.2) is 6.10 Å². The van der Waals surface area contributed by atoms with E-state index in [0.29, 0.717) is 30.0 Å². The Balaban J connectivity index is 1.61. The number of carboxylic acid groups (broad SMARTS) is 1. The SMILES string of the molecule is O=C(NCC1(C(=O)O)CCCCC1)C1Cc2cc(Cl)ccc2O1. The summed E-state index contributed by atoms with van der Waals surface area (Å²) in [5.41, 5.74) is 0.0751. The number of nitrogens with one attached hydrogen (secondary N) is 1. The van der Waals surface area contributed by atoms with Crippen LogP contribution >= 0.6 is 11.6 Å². The lowest BCUT2D eigenvalue weighted by molar-refractivity contribution is -0.151. The van der Waals surface area contributed by atoms with Crippen LogP contribution in [-0.2, 0) is 16.0 Å². The number of halogens is 1. The lowest BCUT2D eigenvalue weighted by Gasteiger charge is -2.33. The third-order valence-corrected chi connectivity index (χ3v) is 5.09. The number of fused-ring (bicyclic) bond motifs is 1. The number of aliphatic carboxylic acids is 1. The molecule has 1 heterocycles. The minimum Gasteiger partial charge on any atom is -0.481 e. The first-order valence-electron chi connectivity index (χ1n) is 7.96. The van der Waals surface area contributed by atoms with Crippen LogP contribution < -0.4 is 10.1 Å². The van der Waals surface area contributed by atoms with Crippen LogP contribution in [0.15, 0.2) is 18.2 Å². The Hall–Kier alpha value is -1.75. The van der Waals surface area contributed by atoms with Gasteiger partial charge in [-0.3, -0.25) is 9.59 Å². The smallest absolute Gasteiger partial charge is 0.311 e. The van der Waals surface area contributed by atoms with Crippen LogP contribution in [0.25, 0.3) is 0 Å². The average molecular weight is 338 g/mol. The molecule has 1 aromatic rings. The molecule has 2 aliphatic rings. The second-order valence-electron chi connectivity index (χ2n) is 6.43. The van der Waals surface area contributed by atoms with E-state index in [9.17, 15) is 14.7 Å². The zero-order valence-electron chi connectivity index (χ0n) is 12.8. The molecule has 0 radical (unpaired) electrons. The highest BCUT2D eigenvalue weighted by Gasteiger charge is 2.40. The van der Waals surface area contributed by atoms with Gasteiger partial charge in [-0.15, -0.1) is 0 Å². The molecule has 1 aromatic carbocycles. The molecule has 23 heavy (non-hydrogen) atoms. The summed E-state index contributed by atoms with van der Waals surface area (Å²) < 4.78 is 5.64. The summed E-state index contributed by atoms with van der Waals surface area (Å²) in [7, 11) is 0. The van der Waals surface area contributed by atoms with Gasteiger partial charge in [-0.2, -0.15) is 0 Å². The monoisotopic (exact) mass is 337 g/mol. The van der Waals surface area contributed by atoms with Crippen LogP contribution in [0.5, 0.6) is 5.75 Å². The van der Waals surface area contributed by atoms with Gasteiger partial charge in [0.2, 0.25) is 0 Å². The van der Waals surface area contributed by atoms with E-state index in [2.05, 4.69) is 5.32 Å². The van der Waals surface area contributed by atoms with E-state index in [1.54, 1.807) is 18.2 Å². The van der Waals surface area contributed by atoms with Gasteiger partial charge in [-0.25, -0.2) is 0 Å². The third-order valence-electron chi connectivity index (χ3n) is 4.85. The first-order valence-corrected chi connectivity index (χ1v) is 8.34. The second-order valence-corrected chi connectivity index (χ2v) is 6.86. The van der Waals surface area contributed by atoms with Crippen LogP contribution in [0.1, 0.15) is 37.7 Å². The van der Waals surface area contributed by atoms with Gasteiger partial charge >= 0.3 is 5.97 Å². The van der Waals surface area contributed by atoms with E-state index in [1.165, 1.54) is 0 Å². The van der Waals surface area contributed by atoms with E-state index >= 15 is 0 Å². The van der Waals surface area contributed by atoms with Gasteiger partial charge in [-0.05, 0) is 36.6 Å². The molecular formula is C17H20ClNO4. The number of carbonyl (C=O) groups excluding carboxylic acids is 1. The summed E-state index contributed by atoms with van der Waals surface area (Å²) >= 11 is 5.95. The van der Waals surface area contributed by atoms with Crippen molar-refractivity contribution in [3.63, 3.8) is 0 Å². The Morgan fingerprint density at radius 3 is 2.74 bits per heavy atom. The predicted octanol–water partition coefficient (Wildman–Crippen LogP) is 2.79. The Bertz CT molecular complexity index is 625. The van der Waals surface area contributed by atoms with Gasteiger partial charge in [-0.1, -0.05) is 30.9 Å². The van der Waals surface area contributed by atoms with Gasteiger partial charge in [0.25, 0.3) is 5.91 Å². The lowest BCUT2D eigenvalue weighted by atomic mass is 9.74. The van der Waals surface area contributed by atoms with Crippen molar-refractivity contribution in [3.05, 3.63) is 28.8 Å². The molecule has 1 atom stereocenters. The Labute approximate surface area is 140 Å². The third kappa shape index (κ3) is 3.29. The summed E-state index contributed by atoms with van der Waals surface area (Å²) in [5, 5.41) is 12.9. The molecule has 2 N–H and O–H groups in total. The highest BCUT2D eigenvalue weighted by molar-refractivity contribution is 6.30. The highest BCUT2D eigenvalue weighted by atomic mass is 35.5. The fourth-order valence-corrected chi connectivity index (χ4v) is 3.62. The average Bonchev–Trinajstić information content (AvgIpc) is 2.96.